The summed E-state index contributed by atoms with van der Waals surface area (Å²) in [5.74, 6) is 0.422. The van der Waals surface area contributed by atoms with E-state index in [1.165, 1.54) is 4.90 Å². The van der Waals surface area contributed by atoms with Gasteiger partial charge in [-0.25, -0.2) is 0 Å². The number of rotatable bonds is 5. The third-order valence-electron chi connectivity index (χ3n) is 2.33. The van der Waals surface area contributed by atoms with Gasteiger partial charge in [-0.2, -0.15) is 0 Å². The van der Waals surface area contributed by atoms with E-state index in [2.05, 4.69) is 0 Å². The summed E-state index contributed by atoms with van der Waals surface area (Å²) in [5, 5.41) is 0. The molecule has 15 heavy (non-hydrogen) atoms. The number of carbonyl (C=O) groups is 2. The minimum absolute atomic E-state index is 0.0896. The zero-order valence-corrected chi connectivity index (χ0v) is 9.63. The number of nitrogens with zero attached hydrogens (tertiary/aromatic N) is 1. The van der Waals surface area contributed by atoms with Gasteiger partial charge in [-0.05, 0) is 5.92 Å². The number of amides is 2. The average molecular weight is 234 g/mol. The number of likely N-dealkylation sites (tertiary alicyclic amines) is 1. The summed E-state index contributed by atoms with van der Waals surface area (Å²) < 4.78 is 5.13. The van der Waals surface area contributed by atoms with Gasteiger partial charge in [0.25, 0.3) is 0 Å². The largest absolute Gasteiger partial charge is 0.378 e. The van der Waals surface area contributed by atoms with Crippen molar-refractivity contribution in [2.45, 2.75) is 19.8 Å². The van der Waals surface area contributed by atoms with Gasteiger partial charge >= 0.3 is 0 Å². The van der Waals surface area contributed by atoms with Crippen molar-refractivity contribution in [3.63, 3.8) is 0 Å². The fraction of sp³-hybridized carbons (Fsp3) is 0.800. The standard InChI is InChI=1S/C10H16ClNO3/c1-8-6-9(13)12(10(14)7-8)3-5-15-4-2-11/h8H,2-7H2,1H3. The van der Waals surface area contributed by atoms with Crippen LogP contribution in [-0.4, -0.2) is 42.4 Å². The van der Waals surface area contributed by atoms with Crippen molar-refractivity contribution in [1.82, 2.24) is 4.90 Å². The highest BCUT2D eigenvalue weighted by Crippen LogP contribution is 2.18. The van der Waals surface area contributed by atoms with Crippen LogP contribution in [0.4, 0.5) is 0 Å². The molecule has 0 aromatic carbocycles. The molecule has 1 heterocycles. The lowest BCUT2D eigenvalue weighted by atomic mass is 9.98. The van der Waals surface area contributed by atoms with Gasteiger partial charge in [0, 0.05) is 18.7 Å². The molecular weight excluding hydrogens is 218 g/mol. The molecule has 86 valence electrons. The first kappa shape index (κ1) is 12.5. The molecule has 0 atom stereocenters. The Hall–Kier alpha value is -0.610. The molecule has 0 aromatic rings. The molecule has 0 N–H and O–H groups in total. The van der Waals surface area contributed by atoms with E-state index in [0.717, 1.165) is 0 Å². The minimum atomic E-state index is -0.0896. The van der Waals surface area contributed by atoms with Crippen LogP contribution < -0.4 is 0 Å². The molecule has 0 spiro atoms. The van der Waals surface area contributed by atoms with Crippen LogP contribution in [-0.2, 0) is 14.3 Å². The molecule has 4 nitrogen and oxygen atoms in total. The molecule has 0 aromatic heterocycles. The minimum Gasteiger partial charge on any atom is -0.378 e. The van der Waals surface area contributed by atoms with E-state index in [-0.39, 0.29) is 17.7 Å². The fourth-order valence-corrected chi connectivity index (χ4v) is 1.70. The van der Waals surface area contributed by atoms with Crippen LogP contribution in [0.5, 0.6) is 0 Å². The molecule has 0 aliphatic carbocycles. The average Bonchev–Trinajstić information content (AvgIpc) is 2.15. The van der Waals surface area contributed by atoms with E-state index >= 15 is 0 Å². The summed E-state index contributed by atoms with van der Waals surface area (Å²) in [7, 11) is 0. The van der Waals surface area contributed by atoms with Gasteiger partial charge in [0.2, 0.25) is 11.8 Å². The van der Waals surface area contributed by atoms with Gasteiger partial charge in [0.05, 0.1) is 19.8 Å². The molecule has 5 heteroatoms. The van der Waals surface area contributed by atoms with Gasteiger partial charge in [0.1, 0.15) is 0 Å². The molecule has 1 rings (SSSR count). The first-order valence-electron chi connectivity index (χ1n) is 5.12. The predicted octanol–water partition coefficient (Wildman–Crippen LogP) is 1.03. The van der Waals surface area contributed by atoms with Crippen molar-refractivity contribution in [2.24, 2.45) is 5.92 Å². The number of alkyl halides is 1. The zero-order valence-electron chi connectivity index (χ0n) is 8.87. The smallest absolute Gasteiger partial charge is 0.229 e. The molecule has 0 saturated carbocycles. The van der Waals surface area contributed by atoms with Crippen LogP contribution in [0.3, 0.4) is 0 Å². The van der Waals surface area contributed by atoms with Crippen LogP contribution >= 0.6 is 11.6 Å². The molecule has 1 aliphatic rings. The topological polar surface area (TPSA) is 46.6 Å². The van der Waals surface area contributed by atoms with E-state index < -0.39 is 0 Å². The Labute approximate surface area is 94.5 Å². The monoisotopic (exact) mass is 233 g/mol. The number of carbonyl (C=O) groups excluding carboxylic acids is 2. The second-order valence-electron chi connectivity index (χ2n) is 3.75. The van der Waals surface area contributed by atoms with E-state index in [0.29, 0.717) is 38.5 Å². The fourth-order valence-electron chi connectivity index (χ4n) is 1.59. The number of halogens is 1. The summed E-state index contributed by atoms with van der Waals surface area (Å²) in [6.45, 7) is 3.09. The lowest BCUT2D eigenvalue weighted by molar-refractivity contribution is -0.150. The van der Waals surface area contributed by atoms with Gasteiger partial charge < -0.3 is 4.74 Å². The highest BCUT2D eigenvalue weighted by molar-refractivity contribution is 6.17. The molecule has 0 unspecified atom stereocenters. The Morgan fingerprint density at radius 3 is 2.47 bits per heavy atom. The van der Waals surface area contributed by atoms with Crippen LogP contribution in [0.15, 0.2) is 0 Å². The highest BCUT2D eigenvalue weighted by atomic mass is 35.5. The van der Waals surface area contributed by atoms with Crippen molar-refractivity contribution < 1.29 is 14.3 Å². The Bertz CT molecular complexity index is 227. The molecule has 2 amide bonds. The summed E-state index contributed by atoms with van der Waals surface area (Å²) in [6.07, 6.45) is 0.919. The first-order chi connectivity index (χ1) is 7.15. The van der Waals surface area contributed by atoms with Crippen LogP contribution in [0, 0.1) is 5.92 Å². The molecule has 1 saturated heterocycles. The lowest BCUT2D eigenvalue weighted by Gasteiger charge is -2.28. The molecule has 1 fully saturated rings. The highest BCUT2D eigenvalue weighted by Gasteiger charge is 2.29. The lowest BCUT2D eigenvalue weighted by Crippen LogP contribution is -2.44. The summed E-state index contributed by atoms with van der Waals surface area (Å²) >= 11 is 5.43. The van der Waals surface area contributed by atoms with Crippen molar-refractivity contribution in [2.75, 3.05) is 25.6 Å². The normalized spacial score (nSPS) is 18.7. The third kappa shape index (κ3) is 3.80. The second-order valence-corrected chi connectivity index (χ2v) is 4.13. The molecular formula is C10H16ClNO3. The Morgan fingerprint density at radius 2 is 1.93 bits per heavy atom. The first-order valence-corrected chi connectivity index (χ1v) is 5.65. The van der Waals surface area contributed by atoms with Gasteiger partial charge in [-0.3, -0.25) is 14.5 Å². The number of piperidine rings is 1. The number of imide groups is 1. The van der Waals surface area contributed by atoms with Gasteiger partial charge in [0.15, 0.2) is 0 Å². The van der Waals surface area contributed by atoms with E-state index in [1.807, 2.05) is 6.92 Å². The van der Waals surface area contributed by atoms with Gasteiger partial charge in [-0.1, -0.05) is 6.92 Å². The molecule has 0 bridgehead atoms. The Morgan fingerprint density at radius 1 is 1.33 bits per heavy atom. The van der Waals surface area contributed by atoms with Crippen molar-refractivity contribution in [3.05, 3.63) is 0 Å². The van der Waals surface area contributed by atoms with Crippen molar-refractivity contribution >= 4 is 23.4 Å². The van der Waals surface area contributed by atoms with Crippen molar-refractivity contribution in [1.29, 1.82) is 0 Å². The second kappa shape index (κ2) is 6.08. The maximum absolute atomic E-state index is 11.5. The quantitative estimate of drug-likeness (QED) is 0.405. The Balaban J connectivity index is 2.33. The molecule has 0 radical (unpaired) electrons. The number of hydrogen-bond acceptors (Lipinski definition) is 3. The van der Waals surface area contributed by atoms with Crippen LogP contribution in [0.2, 0.25) is 0 Å². The summed E-state index contributed by atoms with van der Waals surface area (Å²) in [5.41, 5.74) is 0. The zero-order chi connectivity index (χ0) is 11.3. The third-order valence-corrected chi connectivity index (χ3v) is 2.48. The van der Waals surface area contributed by atoms with E-state index in [1.54, 1.807) is 0 Å². The maximum atomic E-state index is 11.5. The van der Waals surface area contributed by atoms with Gasteiger partial charge in [-0.15, -0.1) is 11.6 Å². The summed E-state index contributed by atoms with van der Waals surface area (Å²) in [6, 6.07) is 0. The van der Waals surface area contributed by atoms with E-state index in [4.69, 9.17) is 16.3 Å². The van der Waals surface area contributed by atoms with E-state index in [9.17, 15) is 9.59 Å². The summed E-state index contributed by atoms with van der Waals surface area (Å²) in [4.78, 5) is 24.3. The SMILES string of the molecule is CC1CC(=O)N(CCOCCCl)C(=O)C1. The molecule has 1 aliphatic heterocycles. The maximum Gasteiger partial charge on any atom is 0.229 e. The number of ether oxygens (including phenoxy) is 1. The van der Waals surface area contributed by atoms with Crippen LogP contribution in [0.25, 0.3) is 0 Å². The van der Waals surface area contributed by atoms with Crippen molar-refractivity contribution in [3.8, 4) is 0 Å². The van der Waals surface area contributed by atoms with Crippen LogP contribution in [0.1, 0.15) is 19.8 Å². The Kier molecular flexibility index (Phi) is 5.05. The number of hydrogen-bond donors (Lipinski definition) is 0. The predicted molar refractivity (Wildman–Crippen MR) is 56.7 cm³/mol.